The maximum absolute atomic E-state index is 11.9. The summed E-state index contributed by atoms with van der Waals surface area (Å²) in [6, 6.07) is 13.6. The van der Waals surface area contributed by atoms with E-state index in [4.69, 9.17) is 26.1 Å². The molecule has 0 radical (unpaired) electrons. The monoisotopic (exact) mass is 654 g/mol. The Balaban J connectivity index is 1.04. The molecule has 0 bridgehead atoms. The number of likely N-dealkylation sites (tertiary alicyclic amines) is 2. The highest BCUT2D eigenvalue weighted by molar-refractivity contribution is 6.30. The van der Waals surface area contributed by atoms with Crippen molar-refractivity contribution in [1.29, 1.82) is 0 Å². The van der Waals surface area contributed by atoms with Gasteiger partial charge in [-0.25, -0.2) is 14.8 Å². The van der Waals surface area contributed by atoms with Gasteiger partial charge in [0, 0.05) is 37.9 Å². The summed E-state index contributed by atoms with van der Waals surface area (Å²) in [7, 11) is 0. The summed E-state index contributed by atoms with van der Waals surface area (Å²) in [5.74, 6) is 1.20. The van der Waals surface area contributed by atoms with Crippen LogP contribution in [0.3, 0.4) is 0 Å². The van der Waals surface area contributed by atoms with Crippen molar-refractivity contribution in [1.82, 2.24) is 29.3 Å². The maximum atomic E-state index is 11.9. The second kappa shape index (κ2) is 13.0. The Kier molecular flexibility index (Phi) is 8.43. The number of carbonyl (C=O) groups is 1. The molecular formula is C36H39ClN6O4. The van der Waals surface area contributed by atoms with Crippen LogP contribution in [0.25, 0.3) is 17.2 Å². The smallest absolute Gasteiger partial charge is 0.354 e. The number of pyridine rings is 2. The first-order valence-electron chi connectivity index (χ1n) is 16.8. The van der Waals surface area contributed by atoms with E-state index in [1.165, 1.54) is 12.0 Å². The van der Waals surface area contributed by atoms with E-state index in [1.54, 1.807) is 18.3 Å². The summed E-state index contributed by atoms with van der Waals surface area (Å²) in [6.07, 6.45) is 12.1. The quantitative estimate of drug-likeness (QED) is 0.229. The fourth-order valence-corrected chi connectivity index (χ4v) is 7.71. The highest BCUT2D eigenvalue weighted by Crippen LogP contribution is 2.42. The van der Waals surface area contributed by atoms with Crippen LogP contribution >= 0.6 is 11.6 Å². The molecule has 1 N–H and O–H groups in total. The Hall–Kier alpha value is -3.83. The van der Waals surface area contributed by atoms with E-state index in [0.717, 1.165) is 93.2 Å². The standard InChI is InChI=1S/C36H39ClN6O4/c37-25-8-9-27(38-21-25)30-12-7-24-5-4-6-26(33(24)47-30)23-13-18-41(19-14-23)22-32-39-28-10-11-29(36(44)45)40-34(28)43(32)35(31-15-20-46-31)42-16-2-1-3-17-42/h4-12,21,23,30-31,35H,1-3,13-20,22H2,(H,44,45)/t30-,31+,35?/m1/s1. The maximum Gasteiger partial charge on any atom is 0.354 e. The minimum absolute atomic E-state index is 0.0373. The Morgan fingerprint density at radius 1 is 1.00 bits per heavy atom. The molecule has 11 heteroatoms. The van der Waals surface area contributed by atoms with Gasteiger partial charge < -0.3 is 14.6 Å². The largest absolute Gasteiger partial charge is 0.479 e. The number of para-hydroxylation sites is 1. The highest BCUT2D eigenvalue weighted by Gasteiger charge is 2.38. The lowest BCUT2D eigenvalue weighted by molar-refractivity contribution is -0.124. The van der Waals surface area contributed by atoms with E-state index in [9.17, 15) is 9.90 Å². The van der Waals surface area contributed by atoms with Gasteiger partial charge >= 0.3 is 5.97 Å². The first kappa shape index (κ1) is 30.5. The molecular weight excluding hydrogens is 616 g/mol. The number of imidazole rings is 1. The van der Waals surface area contributed by atoms with Gasteiger partial charge in [-0.15, -0.1) is 0 Å². The van der Waals surface area contributed by atoms with Crippen molar-refractivity contribution in [2.75, 3.05) is 32.8 Å². The van der Waals surface area contributed by atoms with Gasteiger partial charge in [0.15, 0.2) is 17.4 Å². The van der Waals surface area contributed by atoms with Gasteiger partial charge in [0.1, 0.15) is 23.3 Å². The average Bonchev–Trinajstić information content (AvgIpc) is 3.43. The number of piperidine rings is 2. The molecule has 0 aliphatic carbocycles. The van der Waals surface area contributed by atoms with Gasteiger partial charge in [-0.2, -0.15) is 0 Å². The lowest BCUT2D eigenvalue weighted by Crippen LogP contribution is -2.48. The zero-order chi connectivity index (χ0) is 31.9. The van der Waals surface area contributed by atoms with Gasteiger partial charge in [-0.1, -0.05) is 42.3 Å². The van der Waals surface area contributed by atoms with Crippen molar-refractivity contribution in [2.24, 2.45) is 0 Å². The molecule has 4 aliphatic rings. The molecule has 244 valence electrons. The number of ether oxygens (including phenoxy) is 2. The summed E-state index contributed by atoms with van der Waals surface area (Å²) in [6.45, 7) is 5.22. The van der Waals surface area contributed by atoms with Gasteiger partial charge in [-0.05, 0) is 80.6 Å². The normalized spacial score (nSPS) is 22.8. The van der Waals surface area contributed by atoms with E-state index in [1.807, 2.05) is 12.1 Å². The topological polar surface area (TPSA) is 106 Å². The summed E-state index contributed by atoms with van der Waals surface area (Å²) in [4.78, 5) is 31.1. The lowest BCUT2D eigenvalue weighted by atomic mass is 9.87. The van der Waals surface area contributed by atoms with Gasteiger partial charge in [0.05, 0.1) is 23.4 Å². The third-order valence-electron chi connectivity index (χ3n) is 10.1. The molecule has 3 saturated heterocycles. The van der Waals surface area contributed by atoms with E-state index < -0.39 is 5.97 Å². The summed E-state index contributed by atoms with van der Waals surface area (Å²) in [5, 5.41) is 10.4. The number of benzene rings is 1. The van der Waals surface area contributed by atoms with Crippen LogP contribution in [-0.2, 0) is 11.3 Å². The number of fused-ring (bicyclic) bond motifs is 2. The second-order valence-electron chi connectivity index (χ2n) is 13.1. The number of aromatic carboxylic acids is 1. The predicted molar refractivity (Wildman–Crippen MR) is 179 cm³/mol. The minimum Gasteiger partial charge on any atom is -0.479 e. The van der Waals surface area contributed by atoms with Crippen LogP contribution in [0.2, 0.25) is 5.02 Å². The summed E-state index contributed by atoms with van der Waals surface area (Å²) < 4.78 is 14.9. The molecule has 3 fully saturated rings. The Morgan fingerprint density at radius 3 is 2.55 bits per heavy atom. The molecule has 10 nitrogen and oxygen atoms in total. The third-order valence-corrected chi connectivity index (χ3v) is 10.4. The molecule has 1 aromatic carbocycles. The molecule has 3 aromatic heterocycles. The van der Waals surface area contributed by atoms with Gasteiger partial charge in [0.2, 0.25) is 0 Å². The Morgan fingerprint density at radius 2 is 1.83 bits per heavy atom. The Labute approximate surface area is 279 Å². The van der Waals surface area contributed by atoms with Gasteiger partial charge in [0.25, 0.3) is 0 Å². The molecule has 4 aromatic rings. The van der Waals surface area contributed by atoms with Crippen molar-refractivity contribution in [3.05, 3.63) is 88.1 Å². The fourth-order valence-electron chi connectivity index (χ4n) is 7.60. The number of hydrogen-bond donors (Lipinski definition) is 1. The zero-order valence-electron chi connectivity index (χ0n) is 26.3. The van der Waals surface area contributed by atoms with E-state index >= 15 is 0 Å². The van der Waals surface area contributed by atoms with E-state index in [2.05, 4.69) is 54.7 Å². The zero-order valence-corrected chi connectivity index (χ0v) is 27.1. The molecule has 0 saturated carbocycles. The molecule has 7 heterocycles. The predicted octanol–water partition coefficient (Wildman–Crippen LogP) is 6.48. The molecule has 0 amide bonds. The first-order valence-corrected chi connectivity index (χ1v) is 17.2. The number of halogens is 1. The van der Waals surface area contributed by atoms with Crippen molar-refractivity contribution in [3.8, 4) is 5.75 Å². The fraction of sp³-hybridized carbons (Fsp3) is 0.444. The molecule has 8 rings (SSSR count). The highest BCUT2D eigenvalue weighted by atomic mass is 35.5. The van der Waals surface area contributed by atoms with Crippen LogP contribution in [-0.4, -0.2) is 79.3 Å². The molecule has 47 heavy (non-hydrogen) atoms. The molecule has 1 unspecified atom stereocenters. The van der Waals surface area contributed by atoms with Crippen LogP contribution in [0.15, 0.2) is 54.7 Å². The van der Waals surface area contributed by atoms with Crippen molar-refractivity contribution in [3.63, 3.8) is 0 Å². The van der Waals surface area contributed by atoms with Crippen molar-refractivity contribution in [2.45, 2.75) is 69.4 Å². The minimum atomic E-state index is -1.03. The second-order valence-corrected chi connectivity index (χ2v) is 13.5. The molecule has 4 aliphatic heterocycles. The SMILES string of the molecule is O=C(O)c1ccc2nc(CN3CCC(c4cccc5c4O[C@@H](c4ccc(Cl)cn4)C=C5)CC3)n(C([C@@H]3CCO3)N3CCCCC3)c2n1. The van der Waals surface area contributed by atoms with Crippen LogP contribution in [0.4, 0.5) is 0 Å². The number of aromatic nitrogens is 4. The molecule has 3 atom stereocenters. The van der Waals surface area contributed by atoms with Crippen molar-refractivity contribution < 1.29 is 19.4 Å². The van der Waals surface area contributed by atoms with Crippen LogP contribution in [0.1, 0.15) is 89.8 Å². The van der Waals surface area contributed by atoms with Crippen LogP contribution < -0.4 is 4.74 Å². The lowest BCUT2D eigenvalue weighted by Gasteiger charge is -2.44. The average molecular weight is 655 g/mol. The van der Waals surface area contributed by atoms with E-state index in [0.29, 0.717) is 23.1 Å². The number of hydrogen-bond acceptors (Lipinski definition) is 8. The summed E-state index contributed by atoms with van der Waals surface area (Å²) >= 11 is 6.08. The number of carboxylic acids is 1. The first-order chi connectivity index (χ1) is 23.0. The van der Waals surface area contributed by atoms with E-state index in [-0.39, 0.29) is 24.1 Å². The van der Waals surface area contributed by atoms with Crippen LogP contribution in [0.5, 0.6) is 5.75 Å². The third kappa shape index (κ3) is 6.04. The number of nitrogens with zero attached hydrogens (tertiary/aromatic N) is 6. The molecule has 0 spiro atoms. The van der Waals surface area contributed by atoms with Crippen molar-refractivity contribution >= 4 is 34.8 Å². The van der Waals surface area contributed by atoms with Crippen LogP contribution in [0, 0.1) is 0 Å². The number of rotatable bonds is 8. The Bertz CT molecular complexity index is 1790. The van der Waals surface area contributed by atoms with Gasteiger partial charge in [-0.3, -0.25) is 19.4 Å². The summed E-state index contributed by atoms with van der Waals surface area (Å²) in [5.41, 5.74) is 4.58. The number of carboxylic acid groups (broad SMARTS) is 1.